The normalized spacial score (nSPS) is 25.1. The Balaban J connectivity index is 1.19. The van der Waals surface area contributed by atoms with E-state index in [1.54, 1.807) is 43.3 Å². The summed E-state index contributed by atoms with van der Waals surface area (Å²) in [6, 6.07) is 10.1. The van der Waals surface area contributed by atoms with Gasteiger partial charge in [0.05, 0.1) is 37.8 Å². The summed E-state index contributed by atoms with van der Waals surface area (Å²) in [5.74, 6) is 1.60. The lowest BCUT2D eigenvalue weighted by Crippen LogP contribution is -2.65. The van der Waals surface area contributed by atoms with Crippen molar-refractivity contribution >= 4 is 29.4 Å². The molecule has 1 spiro atoms. The molecule has 3 fully saturated rings. The van der Waals surface area contributed by atoms with Gasteiger partial charge in [0, 0.05) is 36.8 Å². The van der Waals surface area contributed by atoms with Crippen molar-refractivity contribution in [3.63, 3.8) is 0 Å². The summed E-state index contributed by atoms with van der Waals surface area (Å²) in [6.07, 6.45) is 4.30. The highest BCUT2D eigenvalue weighted by Crippen LogP contribution is 2.59. The number of urea groups is 1. The minimum atomic E-state index is -0.636. The highest BCUT2D eigenvalue weighted by molar-refractivity contribution is 6.03. The molecule has 0 radical (unpaired) electrons. The van der Waals surface area contributed by atoms with E-state index in [2.05, 4.69) is 20.5 Å². The van der Waals surface area contributed by atoms with Gasteiger partial charge in [0.1, 0.15) is 22.7 Å². The fourth-order valence-electron chi connectivity index (χ4n) is 6.49. The number of likely N-dealkylation sites (N-methyl/N-ethyl adjacent to an activating group) is 1. The molecule has 5 heterocycles. The molecule has 2 N–H and O–H groups in total. The third-order valence-corrected chi connectivity index (χ3v) is 8.68. The first-order valence-electron chi connectivity index (χ1n) is 14.1. The first kappa shape index (κ1) is 26.4. The Kier molecular flexibility index (Phi) is 6.01. The van der Waals surface area contributed by atoms with Crippen molar-refractivity contribution in [2.75, 3.05) is 49.3 Å². The number of carbonyl (C=O) groups excluding carboxylic acids is 2. The molecule has 3 aliphatic heterocycles. The molecule has 42 heavy (non-hydrogen) atoms. The van der Waals surface area contributed by atoms with Crippen LogP contribution in [0.2, 0.25) is 0 Å². The van der Waals surface area contributed by atoms with Crippen LogP contribution in [-0.2, 0) is 4.74 Å². The first-order valence-corrected chi connectivity index (χ1v) is 14.1. The Morgan fingerprint density at radius 1 is 1.07 bits per heavy atom. The van der Waals surface area contributed by atoms with Crippen LogP contribution in [0.4, 0.5) is 22.2 Å². The van der Waals surface area contributed by atoms with E-state index in [1.165, 1.54) is 6.20 Å². The third-order valence-electron chi connectivity index (χ3n) is 8.68. The van der Waals surface area contributed by atoms with Gasteiger partial charge in [-0.1, -0.05) is 12.1 Å². The standard InChI is InChI=1S/C30H33N7O5/c1-29(2)15-36(3)26(38)23-24(34-27(35-25(23)42-29)37-14-21-30(16-37)12-11-20(30)41-21)17-5-7-18(8-6-17)32-28(39)33-22-10-9-19(40-4)13-31-22/h5-10,13,20-21H,11-12,14-16H2,1-4H3,(H2,31,32,33,39). The van der Waals surface area contributed by atoms with Crippen molar-refractivity contribution in [1.82, 2.24) is 19.9 Å². The molecule has 3 unspecified atom stereocenters. The van der Waals surface area contributed by atoms with Crippen molar-refractivity contribution in [3.05, 3.63) is 48.2 Å². The average Bonchev–Trinajstić information content (AvgIpc) is 3.29. The molecule has 3 atom stereocenters. The zero-order valence-electron chi connectivity index (χ0n) is 24.0. The summed E-state index contributed by atoms with van der Waals surface area (Å²) in [5.41, 5.74) is 1.65. The molecule has 218 valence electrons. The van der Waals surface area contributed by atoms with Crippen molar-refractivity contribution < 1.29 is 23.8 Å². The lowest BCUT2D eigenvalue weighted by atomic mass is 9.60. The highest BCUT2D eigenvalue weighted by Gasteiger charge is 2.66. The zero-order valence-corrected chi connectivity index (χ0v) is 24.0. The topological polar surface area (TPSA) is 131 Å². The van der Waals surface area contributed by atoms with Gasteiger partial charge in [0.25, 0.3) is 5.91 Å². The summed E-state index contributed by atoms with van der Waals surface area (Å²) < 4.78 is 17.5. The number of hydrogen-bond donors (Lipinski definition) is 2. The van der Waals surface area contributed by atoms with Crippen molar-refractivity contribution in [3.8, 4) is 22.9 Å². The number of pyridine rings is 1. The molecule has 1 saturated carbocycles. The van der Waals surface area contributed by atoms with Crippen LogP contribution in [-0.4, -0.2) is 83.4 Å². The molecule has 7 rings (SSSR count). The minimum Gasteiger partial charge on any atom is -0.495 e. The number of benzene rings is 1. The first-order chi connectivity index (χ1) is 20.1. The van der Waals surface area contributed by atoms with Crippen LogP contribution in [0.25, 0.3) is 11.3 Å². The summed E-state index contributed by atoms with van der Waals surface area (Å²) in [4.78, 5) is 44.0. The largest absolute Gasteiger partial charge is 0.495 e. The van der Waals surface area contributed by atoms with Crippen molar-refractivity contribution in [2.24, 2.45) is 5.41 Å². The molecule has 2 saturated heterocycles. The summed E-state index contributed by atoms with van der Waals surface area (Å²) in [6.45, 7) is 5.85. The monoisotopic (exact) mass is 571 g/mol. The fraction of sp³-hybridized carbons (Fsp3) is 0.433. The number of ether oxygens (including phenoxy) is 3. The molecule has 1 aliphatic carbocycles. The smallest absolute Gasteiger partial charge is 0.324 e. The summed E-state index contributed by atoms with van der Waals surface area (Å²) in [7, 11) is 3.31. The highest BCUT2D eigenvalue weighted by atomic mass is 16.5. The van der Waals surface area contributed by atoms with Crippen LogP contribution in [0, 0.1) is 5.41 Å². The number of aromatic nitrogens is 3. The van der Waals surface area contributed by atoms with E-state index in [1.807, 2.05) is 26.0 Å². The van der Waals surface area contributed by atoms with Crippen LogP contribution in [0.1, 0.15) is 37.0 Å². The molecule has 0 bridgehead atoms. The molecule has 12 heteroatoms. The SMILES string of the molecule is COc1ccc(NC(=O)Nc2ccc(-c3nc(N4CC5OC6CCC65C4)nc4c3C(=O)N(C)CC(C)(C)O4)cc2)nc1. The van der Waals surface area contributed by atoms with Crippen LogP contribution in [0.5, 0.6) is 11.6 Å². The number of hydrogen-bond acceptors (Lipinski definition) is 9. The molecular formula is C30H33N7O5. The lowest BCUT2D eigenvalue weighted by molar-refractivity contribution is -0.279. The summed E-state index contributed by atoms with van der Waals surface area (Å²) in [5, 5.41) is 5.50. The van der Waals surface area contributed by atoms with Crippen LogP contribution in [0.15, 0.2) is 42.6 Å². The van der Waals surface area contributed by atoms with Crippen molar-refractivity contribution in [2.45, 2.75) is 44.5 Å². The maximum absolute atomic E-state index is 13.6. The van der Waals surface area contributed by atoms with E-state index in [-0.39, 0.29) is 23.3 Å². The molecule has 4 aliphatic rings. The van der Waals surface area contributed by atoms with E-state index in [0.29, 0.717) is 59.2 Å². The number of carbonyl (C=O) groups is 2. The Morgan fingerprint density at radius 3 is 2.52 bits per heavy atom. The van der Waals surface area contributed by atoms with Gasteiger partial charge in [-0.3, -0.25) is 10.1 Å². The van der Waals surface area contributed by atoms with Crippen LogP contribution < -0.4 is 25.0 Å². The maximum atomic E-state index is 13.6. The maximum Gasteiger partial charge on any atom is 0.324 e. The van der Waals surface area contributed by atoms with Gasteiger partial charge >= 0.3 is 6.03 Å². The van der Waals surface area contributed by atoms with E-state index < -0.39 is 11.6 Å². The second-order valence-electron chi connectivity index (χ2n) is 12.1. The van der Waals surface area contributed by atoms with Gasteiger partial charge in [0.2, 0.25) is 11.8 Å². The molecule has 3 amide bonds. The van der Waals surface area contributed by atoms with Crippen LogP contribution in [0.3, 0.4) is 0 Å². The fourth-order valence-corrected chi connectivity index (χ4v) is 6.49. The Bertz CT molecular complexity index is 1560. The van der Waals surface area contributed by atoms with Gasteiger partial charge in [-0.25, -0.2) is 14.8 Å². The molecule has 3 aromatic rings. The third kappa shape index (κ3) is 4.37. The Labute approximate surface area is 243 Å². The second-order valence-corrected chi connectivity index (χ2v) is 12.1. The van der Waals surface area contributed by atoms with Gasteiger partial charge in [-0.2, -0.15) is 4.98 Å². The van der Waals surface area contributed by atoms with E-state index in [9.17, 15) is 9.59 Å². The number of nitrogens with zero attached hydrogens (tertiary/aromatic N) is 5. The van der Waals surface area contributed by atoms with E-state index in [4.69, 9.17) is 24.2 Å². The van der Waals surface area contributed by atoms with Gasteiger partial charge in [-0.05, 0) is 51.0 Å². The summed E-state index contributed by atoms with van der Waals surface area (Å²) >= 11 is 0. The molecular weight excluding hydrogens is 538 g/mol. The number of rotatable bonds is 5. The lowest BCUT2D eigenvalue weighted by Gasteiger charge is -2.59. The van der Waals surface area contributed by atoms with Gasteiger partial charge in [0.15, 0.2) is 0 Å². The predicted molar refractivity (Wildman–Crippen MR) is 155 cm³/mol. The van der Waals surface area contributed by atoms with Gasteiger partial charge in [-0.15, -0.1) is 0 Å². The van der Waals surface area contributed by atoms with Crippen LogP contribution >= 0.6 is 0 Å². The number of amides is 3. The van der Waals surface area contributed by atoms with E-state index in [0.717, 1.165) is 19.4 Å². The minimum absolute atomic E-state index is 0.192. The quantitative estimate of drug-likeness (QED) is 0.469. The number of anilines is 3. The average molecular weight is 572 g/mol. The predicted octanol–water partition coefficient (Wildman–Crippen LogP) is 3.80. The number of fused-ring (bicyclic) bond motifs is 1. The molecule has 12 nitrogen and oxygen atoms in total. The molecule has 1 aromatic carbocycles. The number of nitrogens with one attached hydrogen (secondary N) is 2. The molecule has 2 aromatic heterocycles. The Morgan fingerprint density at radius 2 is 1.88 bits per heavy atom. The van der Waals surface area contributed by atoms with Crippen molar-refractivity contribution in [1.29, 1.82) is 0 Å². The Hall–Kier alpha value is -4.45. The number of methoxy groups -OCH3 is 1. The van der Waals surface area contributed by atoms with Gasteiger partial charge < -0.3 is 29.3 Å². The second kappa shape index (κ2) is 9.55. The van der Waals surface area contributed by atoms with E-state index >= 15 is 0 Å². The zero-order chi connectivity index (χ0) is 29.2.